The molecule has 1 aromatic rings. The number of nitrogens with two attached hydrogens (primary N) is 1. The standard InChI is InChI=1S/C12H18N4O3/c13-11-5-4-10(16(18)19)12(14-11)15-7-2-1-3-9(15)6-8-17/h4-5,9,17H,1-3,6-8H2,(H2,13,14). The number of piperidine rings is 1. The Balaban J connectivity index is 2.37. The molecule has 0 amide bonds. The van der Waals surface area contributed by atoms with Crippen molar-refractivity contribution in [1.82, 2.24) is 4.98 Å². The van der Waals surface area contributed by atoms with E-state index < -0.39 is 4.92 Å². The first-order valence-electron chi connectivity index (χ1n) is 6.42. The molecule has 1 saturated heterocycles. The van der Waals surface area contributed by atoms with Crippen LogP contribution < -0.4 is 10.6 Å². The van der Waals surface area contributed by atoms with E-state index in [9.17, 15) is 10.1 Å². The summed E-state index contributed by atoms with van der Waals surface area (Å²) in [6.07, 6.45) is 3.54. The molecule has 0 spiro atoms. The van der Waals surface area contributed by atoms with E-state index in [1.807, 2.05) is 4.90 Å². The van der Waals surface area contributed by atoms with Gasteiger partial charge in [-0.05, 0) is 31.7 Å². The minimum Gasteiger partial charge on any atom is -0.396 e. The molecule has 19 heavy (non-hydrogen) atoms. The lowest BCUT2D eigenvalue weighted by Crippen LogP contribution is -2.41. The average Bonchev–Trinajstić information content (AvgIpc) is 2.39. The van der Waals surface area contributed by atoms with Crippen molar-refractivity contribution in [2.45, 2.75) is 31.7 Å². The Labute approximate surface area is 111 Å². The molecule has 0 aromatic carbocycles. The summed E-state index contributed by atoms with van der Waals surface area (Å²) in [6.45, 7) is 0.777. The van der Waals surface area contributed by atoms with Crippen LogP contribution in [-0.2, 0) is 0 Å². The number of hydrogen-bond donors (Lipinski definition) is 2. The van der Waals surface area contributed by atoms with Crippen LogP contribution in [0.4, 0.5) is 17.3 Å². The summed E-state index contributed by atoms with van der Waals surface area (Å²) < 4.78 is 0. The van der Waals surface area contributed by atoms with Gasteiger partial charge in [-0.15, -0.1) is 0 Å². The van der Waals surface area contributed by atoms with Crippen LogP contribution in [0.25, 0.3) is 0 Å². The quantitative estimate of drug-likeness (QED) is 0.628. The Kier molecular flexibility index (Phi) is 4.16. The van der Waals surface area contributed by atoms with Crippen molar-refractivity contribution in [2.75, 3.05) is 23.8 Å². The van der Waals surface area contributed by atoms with Crippen molar-refractivity contribution in [3.8, 4) is 0 Å². The lowest BCUT2D eigenvalue weighted by atomic mass is 9.99. The summed E-state index contributed by atoms with van der Waals surface area (Å²) in [4.78, 5) is 16.7. The highest BCUT2D eigenvalue weighted by molar-refractivity contribution is 5.61. The maximum Gasteiger partial charge on any atom is 0.311 e. The zero-order chi connectivity index (χ0) is 13.8. The molecule has 0 bridgehead atoms. The second kappa shape index (κ2) is 5.83. The smallest absolute Gasteiger partial charge is 0.311 e. The number of aliphatic hydroxyl groups is 1. The first kappa shape index (κ1) is 13.5. The zero-order valence-corrected chi connectivity index (χ0v) is 10.7. The van der Waals surface area contributed by atoms with Crippen molar-refractivity contribution in [2.24, 2.45) is 0 Å². The molecule has 1 atom stereocenters. The van der Waals surface area contributed by atoms with E-state index in [1.54, 1.807) is 0 Å². The molecule has 1 unspecified atom stereocenters. The molecule has 3 N–H and O–H groups in total. The minimum absolute atomic E-state index is 0.0287. The molecule has 0 radical (unpaired) electrons. The maximum absolute atomic E-state index is 11.1. The summed E-state index contributed by atoms with van der Waals surface area (Å²) in [5, 5.41) is 20.2. The van der Waals surface area contributed by atoms with E-state index in [4.69, 9.17) is 10.8 Å². The van der Waals surface area contributed by atoms with E-state index in [2.05, 4.69) is 4.98 Å². The molecule has 0 saturated carbocycles. The van der Waals surface area contributed by atoms with Gasteiger partial charge in [0.2, 0.25) is 5.82 Å². The normalized spacial score (nSPS) is 19.4. The Hall–Kier alpha value is -1.89. The number of hydrogen-bond acceptors (Lipinski definition) is 6. The molecule has 1 aliphatic rings. The van der Waals surface area contributed by atoms with Gasteiger partial charge in [0.15, 0.2) is 0 Å². The fraction of sp³-hybridized carbons (Fsp3) is 0.583. The van der Waals surface area contributed by atoms with Crippen molar-refractivity contribution < 1.29 is 10.0 Å². The second-order valence-corrected chi connectivity index (χ2v) is 4.69. The number of aliphatic hydroxyl groups excluding tert-OH is 1. The van der Waals surface area contributed by atoms with Gasteiger partial charge in [-0.3, -0.25) is 10.1 Å². The van der Waals surface area contributed by atoms with Crippen molar-refractivity contribution in [1.29, 1.82) is 0 Å². The topological polar surface area (TPSA) is 106 Å². The fourth-order valence-corrected chi connectivity index (χ4v) is 2.54. The van der Waals surface area contributed by atoms with Gasteiger partial charge in [0.25, 0.3) is 0 Å². The summed E-state index contributed by atoms with van der Waals surface area (Å²) >= 11 is 0. The van der Waals surface area contributed by atoms with Gasteiger partial charge in [-0.25, -0.2) is 4.98 Å². The molecule has 2 rings (SSSR count). The van der Waals surface area contributed by atoms with Crippen molar-refractivity contribution >= 4 is 17.3 Å². The molecule has 7 heteroatoms. The minimum atomic E-state index is -0.438. The first-order chi connectivity index (χ1) is 9.13. The Morgan fingerprint density at radius 2 is 2.32 bits per heavy atom. The first-order valence-corrected chi connectivity index (χ1v) is 6.42. The molecule has 1 aromatic heterocycles. The van der Waals surface area contributed by atoms with Crippen molar-refractivity contribution in [3.05, 3.63) is 22.2 Å². The van der Waals surface area contributed by atoms with Crippen LogP contribution >= 0.6 is 0 Å². The van der Waals surface area contributed by atoms with Gasteiger partial charge < -0.3 is 15.7 Å². The SMILES string of the molecule is Nc1ccc([N+](=O)[O-])c(N2CCCCC2CCO)n1. The average molecular weight is 266 g/mol. The molecule has 7 nitrogen and oxygen atoms in total. The highest BCUT2D eigenvalue weighted by atomic mass is 16.6. The van der Waals surface area contributed by atoms with Gasteiger partial charge >= 0.3 is 5.69 Å². The van der Waals surface area contributed by atoms with E-state index in [1.165, 1.54) is 12.1 Å². The number of nitro groups is 1. The summed E-state index contributed by atoms with van der Waals surface area (Å²) in [7, 11) is 0. The van der Waals surface area contributed by atoms with Gasteiger partial charge in [-0.1, -0.05) is 0 Å². The Morgan fingerprint density at radius 1 is 1.53 bits per heavy atom. The van der Waals surface area contributed by atoms with Gasteiger partial charge in [0.05, 0.1) is 4.92 Å². The molecular weight excluding hydrogens is 248 g/mol. The van der Waals surface area contributed by atoms with Gasteiger partial charge in [0, 0.05) is 25.3 Å². The van der Waals surface area contributed by atoms with Crippen LogP contribution in [0.15, 0.2) is 12.1 Å². The summed E-state index contributed by atoms with van der Waals surface area (Å²) in [6, 6.07) is 2.92. The monoisotopic (exact) mass is 266 g/mol. The highest BCUT2D eigenvalue weighted by Crippen LogP contribution is 2.32. The summed E-state index contributed by atoms with van der Waals surface area (Å²) in [5.74, 6) is 0.595. The van der Waals surface area contributed by atoms with Crippen LogP contribution in [0.5, 0.6) is 0 Å². The molecular formula is C12H18N4O3. The Bertz CT molecular complexity index is 464. The van der Waals surface area contributed by atoms with Crippen LogP contribution in [-0.4, -0.2) is 34.2 Å². The van der Waals surface area contributed by atoms with E-state index in [-0.39, 0.29) is 24.2 Å². The third kappa shape index (κ3) is 2.93. The molecule has 0 aliphatic carbocycles. The summed E-state index contributed by atoms with van der Waals surface area (Å²) in [5.41, 5.74) is 5.62. The van der Waals surface area contributed by atoms with Crippen LogP contribution in [0.1, 0.15) is 25.7 Å². The lowest BCUT2D eigenvalue weighted by molar-refractivity contribution is -0.384. The number of nitrogens with zero attached hydrogens (tertiary/aromatic N) is 3. The third-order valence-corrected chi connectivity index (χ3v) is 3.43. The predicted octanol–water partition coefficient (Wildman–Crippen LogP) is 1.31. The Morgan fingerprint density at radius 3 is 3.00 bits per heavy atom. The number of aromatic nitrogens is 1. The zero-order valence-electron chi connectivity index (χ0n) is 10.7. The third-order valence-electron chi connectivity index (χ3n) is 3.43. The van der Waals surface area contributed by atoms with Gasteiger partial charge in [-0.2, -0.15) is 0 Å². The van der Waals surface area contributed by atoms with Crippen LogP contribution in [0, 0.1) is 10.1 Å². The van der Waals surface area contributed by atoms with Crippen LogP contribution in [0.2, 0.25) is 0 Å². The number of nitrogen functional groups attached to an aromatic ring is 1. The van der Waals surface area contributed by atoms with Crippen molar-refractivity contribution in [3.63, 3.8) is 0 Å². The lowest BCUT2D eigenvalue weighted by Gasteiger charge is -2.36. The van der Waals surface area contributed by atoms with E-state index in [0.717, 1.165) is 19.3 Å². The number of rotatable bonds is 4. The van der Waals surface area contributed by atoms with E-state index in [0.29, 0.717) is 18.8 Å². The molecule has 2 heterocycles. The van der Waals surface area contributed by atoms with E-state index >= 15 is 0 Å². The number of anilines is 2. The fourth-order valence-electron chi connectivity index (χ4n) is 2.54. The maximum atomic E-state index is 11.1. The van der Waals surface area contributed by atoms with Crippen LogP contribution in [0.3, 0.4) is 0 Å². The molecule has 1 aliphatic heterocycles. The predicted molar refractivity (Wildman–Crippen MR) is 72.0 cm³/mol. The molecule has 104 valence electrons. The highest BCUT2D eigenvalue weighted by Gasteiger charge is 2.29. The van der Waals surface area contributed by atoms with Gasteiger partial charge in [0.1, 0.15) is 5.82 Å². The second-order valence-electron chi connectivity index (χ2n) is 4.69. The number of pyridine rings is 1. The molecule has 1 fully saturated rings. The largest absolute Gasteiger partial charge is 0.396 e.